The molecule has 0 bridgehead atoms. The Hall–Kier alpha value is -7.28. The Morgan fingerprint density at radius 2 is 1.12 bits per heavy atom. The van der Waals surface area contributed by atoms with Crippen LogP contribution in [0.25, 0.3) is 11.3 Å². The van der Waals surface area contributed by atoms with E-state index in [1.807, 2.05) is 61.5 Å². The molecule has 4 amide bonds. The van der Waals surface area contributed by atoms with E-state index in [1.54, 1.807) is 53.1 Å². The smallest absolute Gasteiger partial charge is 0.488 e. The molecule has 0 aliphatic carbocycles. The summed E-state index contributed by atoms with van der Waals surface area (Å²) in [6.45, 7) is 13.9. The number of phenols is 2. The summed E-state index contributed by atoms with van der Waals surface area (Å²) in [5.74, 6) is 0.361. The number of amides is 4. The lowest BCUT2D eigenvalue weighted by Gasteiger charge is -2.20. The Balaban J connectivity index is 0.000000207. The molecule has 17 heteroatoms. The number of aromatic nitrogens is 2. The van der Waals surface area contributed by atoms with Crippen molar-refractivity contribution < 1.29 is 29.9 Å². The number of nitrogens with one attached hydrogen (secondary N) is 2. The van der Waals surface area contributed by atoms with E-state index in [9.17, 15) is 14.7 Å². The van der Waals surface area contributed by atoms with Crippen molar-refractivity contribution in [2.75, 3.05) is 22.9 Å². The zero-order chi connectivity index (χ0) is 47.9. The molecule has 67 heavy (non-hydrogen) atoms. The molecule has 4 aromatic carbocycles. The van der Waals surface area contributed by atoms with Gasteiger partial charge in [-0.1, -0.05) is 58.0 Å². The number of halogens is 1. The number of phenolic OH excluding ortho intramolecular Hbond substituents is 2. The van der Waals surface area contributed by atoms with Crippen molar-refractivity contribution in [3.63, 3.8) is 0 Å². The van der Waals surface area contributed by atoms with Crippen LogP contribution in [0.4, 0.5) is 21.0 Å². The van der Waals surface area contributed by atoms with Crippen molar-refractivity contribution in [1.29, 1.82) is 10.5 Å². The molecule has 344 valence electrons. The molecule has 0 fully saturated rings. The number of carbonyl (C=O) groups is 2. The van der Waals surface area contributed by atoms with Crippen LogP contribution in [0.1, 0.15) is 72.5 Å². The molecule has 15 nitrogen and oxygen atoms in total. The summed E-state index contributed by atoms with van der Waals surface area (Å²) in [5.41, 5.74) is 9.88. The molecule has 0 atom stereocenters. The van der Waals surface area contributed by atoms with Gasteiger partial charge in [-0.05, 0) is 136 Å². The van der Waals surface area contributed by atoms with Gasteiger partial charge in [-0.2, -0.15) is 10.5 Å². The molecular weight excluding hydrogens is 913 g/mol. The van der Waals surface area contributed by atoms with Gasteiger partial charge in [0.1, 0.15) is 16.1 Å². The summed E-state index contributed by atoms with van der Waals surface area (Å²) in [5, 5.41) is 59.8. The number of pyridine rings is 2. The minimum Gasteiger partial charge on any atom is -0.508 e. The van der Waals surface area contributed by atoms with E-state index in [0.717, 1.165) is 55.3 Å². The molecule has 8 rings (SSSR count). The van der Waals surface area contributed by atoms with Crippen LogP contribution in [0.15, 0.2) is 114 Å². The fraction of sp³-hybridized carbons (Fsp3) is 0.240. The fourth-order valence-corrected chi connectivity index (χ4v) is 8.07. The molecule has 0 spiro atoms. The van der Waals surface area contributed by atoms with Gasteiger partial charge in [0.25, 0.3) is 0 Å². The predicted molar refractivity (Wildman–Crippen MR) is 263 cm³/mol. The summed E-state index contributed by atoms with van der Waals surface area (Å²) < 4.78 is 0.772. The third-order valence-corrected chi connectivity index (χ3v) is 11.7. The van der Waals surface area contributed by atoms with Crippen LogP contribution < -0.4 is 32.0 Å². The molecule has 2 aliphatic rings. The number of aryl methyl sites for hydroxylation is 2. The van der Waals surface area contributed by atoms with Crippen LogP contribution in [-0.2, 0) is 23.9 Å². The van der Waals surface area contributed by atoms with Crippen LogP contribution in [0, 0.1) is 36.5 Å². The second-order valence-electron chi connectivity index (χ2n) is 17.4. The molecule has 0 saturated heterocycles. The number of nitriles is 2. The van der Waals surface area contributed by atoms with Crippen LogP contribution >= 0.6 is 15.9 Å². The molecule has 6 aromatic rings. The molecular formula is C50H53BBrN9O6. The first-order valence-corrected chi connectivity index (χ1v) is 21.8. The topological polar surface area (TPSA) is 254 Å². The van der Waals surface area contributed by atoms with Gasteiger partial charge in [-0.25, -0.2) is 19.6 Å². The van der Waals surface area contributed by atoms with Gasteiger partial charge in [-0.3, -0.25) is 9.80 Å². The van der Waals surface area contributed by atoms with E-state index in [2.05, 4.69) is 71.4 Å². The van der Waals surface area contributed by atoms with Gasteiger partial charge in [0.15, 0.2) is 0 Å². The minimum atomic E-state index is -1.46. The average molecular weight is 967 g/mol. The fourth-order valence-electron chi connectivity index (χ4n) is 7.76. The monoisotopic (exact) mass is 965 g/mol. The van der Waals surface area contributed by atoms with Crippen molar-refractivity contribution >= 4 is 51.9 Å². The van der Waals surface area contributed by atoms with Gasteiger partial charge >= 0.3 is 19.2 Å². The standard InChI is InChI=1S/C25H24N4O2.C18H17BrN4O.C7H9BO3.H3N/c1-16-12-19(30)8-9-20(16)21-10-11-22-23(28-21)25(2,3)15-29(22)24(31)27-14-18-6-4-17(13-26)5-7-18;1-18(2)11-23(14-7-8-15(19)22-16(14)18)17(24)21-10-13-5-3-12(9-20)4-6-13;1-5-4-6(9)2-3-7(5)8(10)11;/h4-12,30H,14-15H2,1-3H3,(H,27,31);3-8H,10-11H2,1-2H3,(H,21,24);2-4,9-11H,1H3;1H3. The van der Waals surface area contributed by atoms with Crippen molar-refractivity contribution in [3.8, 4) is 34.9 Å². The lowest BCUT2D eigenvalue weighted by Crippen LogP contribution is -2.41. The number of hydrogen-bond acceptors (Lipinski definition) is 11. The zero-order valence-electron chi connectivity index (χ0n) is 38.2. The number of benzene rings is 4. The van der Waals surface area contributed by atoms with Crippen molar-refractivity contribution in [2.45, 2.75) is 65.5 Å². The zero-order valence-corrected chi connectivity index (χ0v) is 39.8. The number of rotatable bonds is 6. The first-order chi connectivity index (χ1) is 31.3. The van der Waals surface area contributed by atoms with Gasteiger partial charge < -0.3 is 37.0 Å². The van der Waals surface area contributed by atoms with Crippen LogP contribution in [-0.4, -0.2) is 62.5 Å². The second-order valence-corrected chi connectivity index (χ2v) is 18.2. The van der Waals surface area contributed by atoms with E-state index in [1.165, 1.54) is 18.2 Å². The number of fused-ring (bicyclic) bond motifs is 2. The van der Waals surface area contributed by atoms with E-state index in [0.29, 0.717) is 48.3 Å². The number of aromatic hydroxyl groups is 2. The molecule has 9 N–H and O–H groups in total. The highest BCUT2D eigenvalue weighted by Gasteiger charge is 2.41. The molecule has 2 aromatic heterocycles. The maximum Gasteiger partial charge on any atom is 0.488 e. The first-order valence-electron chi connectivity index (χ1n) is 21.0. The number of hydrogen-bond donors (Lipinski definition) is 7. The molecule has 2 aliphatic heterocycles. The highest BCUT2D eigenvalue weighted by Crippen LogP contribution is 2.42. The van der Waals surface area contributed by atoms with Crippen LogP contribution in [0.3, 0.4) is 0 Å². The maximum absolute atomic E-state index is 12.9. The van der Waals surface area contributed by atoms with Crippen LogP contribution in [0.5, 0.6) is 11.5 Å². The Morgan fingerprint density at radius 1 is 0.672 bits per heavy atom. The number of urea groups is 2. The Morgan fingerprint density at radius 3 is 1.57 bits per heavy atom. The lowest BCUT2D eigenvalue weighted by atomic mass is 9.77. The Labute approximate surface area is 399 Å². The third kappa shape index (κ3) is 12.1. The lowest BCUT2D eigenvalue weighted by molar-refractivity contribution is 0.244. The molecule has 0 saturated carbocycles. The van der Waals surface area contributed by atoms with E-state index >= 15 is 0 Å². The number of nitrogens with zero attached hydrogens (tertiary/aromatic N) is 6. The largest absolute Gasteiger partial charge is 0.508 e. The normalized spacial score (nSPS) is 13.4. The van der Waals surface area contributed by atoms with Crippen molar-refractivity contribution in [2.24, 2.45) is 0 Å². The average Bonchev–Trinajstić information content (AvgIpc) is 3.72. The Kier molecular flexibility index (Phi) is 16.2. The quantitative estimate of drug-likeness (QED) is 0.0624. The SMILES string of the molecule is CC1(C)CN(C(=O)NCc2ccc(C#N)cc2)c2ccc(Br)nc21.Cc1cc(O)ccc1-c1ccc2c(n1)C(C)(C)CN2C(=O)NCc1ccc(C#N)cc1.Cc1cc(O)ccc1B(O)O.N. The van der Waals surface area contributed by atoms with E-state index < -0.39 is 7.12 Å². The number of anilines is 2. The van der Waals surface area contributed by atoms with E-state index in [4.69, 9.17) is 30.7 Å². The summed E-state index contributed by atoms with van der Waals surface area (Å²) >= 11 is 3.39. The third-order valence-electron chi connectivity index (χ3n) is 11.2. The van der Waals surface area contributed by atoms with Gasteiger partial charge in [-0.15, -0.1) is 0 Å². The highest BCUT2D eigenvalue weighted by atomic mass is 79.9. The highest BCUT2D eigenvalue weighted by molar-refractivity contribution is 9.10. The van der Waals surface area contributed by atoms with Crippen molar-refractivity contribution in [3.05, 3.63) is 159 Å². The summed E-state index contributed by atoms with van der Waals surface area (Å²) in [4.78, 5) is 38.5. The van der Waals surface area contributed by atoms with E-state index in [-0.39, 0.29) is 40.5 Å². The van der Waals surface area contributed by atoms with Gasteiger partial charge in [0.2, 0.25) is 0 Å². The van der Waals surface area contributed by atoms with Gasteiger partial charge in [0, 0.05) is 42.6 Å². The second kappa shape index (κ2) is 21.4. The maximum atomic E-state index is 12.9. The van der Waals surface area contributed by atoms with Crippen molar-refractivity contribution in [1.82, 2.24) is 26.8 Å². The van der Waals surface area contributed by atoms with Crippen LogP contribution in [0.2, 0.25) is 0 Å². The Bertz CT molecular complexity index is 2840. The molecule has 0 unspecified atom stereocenters. The molecule has 4 heterocycles. The minimum absolute atomic E-state index is 0. The predicted octanol–water partition coefficient (Wildman–Crippen LogP) is 7.91. The summed E-state index contributed by atoms with van der Waals surface area (Å²) in [7, 11) is -1.46. The summed E-state index contributed by atoms with van der Waals surface area (Å²) in [6.07, 6.45) is 0. The summed E-state index contributed by atoms with van der Waals surface area (Å²) in [6, 6.07) is 35.5. The first kappa shape index (κ1) is 50.7. The number of carbonyl (C=O) groups excluding carboxylic acids is 2. The van der Waals surface area contributed by atoms with Gasteiger partial charge in [0.05, 0.1) is 51.7 Å². The molecule has 0 radical (unpaired) electrons.